The Morgan fingerprint density at radius 2 is 1.78 bits per heavy atom. The lowest BCUT2D eigenvalue weighted by atomic mass is 10.0. The molecular formula is C37H31ClF7N9O4S2. The molecule has 1 saturated carbocycles. The highest BCUT2D eigenvalue weighted by atomic mass is 35.5. The van der Waals surface area contributed by atoms with E-state index in [2.05, 4.69) is 25.1 Å². The second-order valence-corrected chi connectivity index (χ2v) is 18.4. The van der Waals surface area contributed by atoms with Crippen molar-refractivity contribution < 1.29 is 43.9 Å². The number of alkyl halides is 5. The van der Waals surface area contributed by atoms with Crippen molar-refractivity contribution in [3.05, 3.63) is 91.7 Å². The predicted octanol–water partition coefficient (Wildman–Crippen LogP) is 6.76. The van der Waals surface area contributed by atoms with Crippen LogP contribution in [0.1, 0.15) is 59.6 Å². The average Bonchev–Trinajstić information content (AvgIpc) is 3.57. The van der Waals surface area contributed by atoms with Gasteiger partial charge in [0.1, 0.15) is 34.4 Å². The van der Waals surface area contributed by atoms with Gasteiger partial charge in [-0.1, -0.05) is 11.6 Å². The van der Waals surface area contributed by atoms with Gasteiger partial charge in [-0.25, -0.2) is 22.2 Å². The summed E-state index contributed by atoms with van der Waals surface area (Å²) in [5.74, 6) is -9.69. The molecule has 3 atom stereocenters. The largest absolute Gasteiger partial charge is 0.435 e. The Kier molecular flexibility index (Phi) is 9.32. The van der Waals surface area contributed by atoms with Crippen molar-refractivity contribution in [2.24, 2.45) is 13.0 Å². The fourth-order valence-corrected chi connectivity index (χ4v) is 10.3. The summed E-state index contributed by atoms with van der Waals surface area (Å²) in [7, 11) is -2.45. The number of benzene rings is 2. The number of halogens is 8. The predicted molar refractivity (Wildman–Crippen MR) is 207 cm³/mol. The number of aryl methyl sites for hydroxylation is 1. The third-order valence-electron chi connectivity index (χ3n) is 10.9. The zero-order chi connectivity index (χ0) is 42.8. The number of aromatic nitrogens is 6. The number of sulfonamides is 1. The normalized spacial score (nSPS) is 18.9. The summed E-state index contributed by atoms with van der Waals surface area (Å²) in [6.07, 6.45) is -3.04. The van der Waals surface area contributed by atoms with Crippen molar-refractivity contribution in [2.45, 2.75) is 56.3 Å². The Morgan fingerprint density at radius 3 is 2.45 bits per heavy atom. The van der Waals surface area contributed by atoms with E-state index in [1.807, 2.05) is 0 Å². The maximum Gasteiger partial charge on any atom is 0.435 e. The van der Waals surface area contributed by atoms with Crippen LogP contribution in [0.2, 0.25) is 5.02 Å². The van der Waals surface area contributed by atoms with Crippen molar-refractivity contribution in [3.63, 3.8) is 0 Å². The van der Waals surface area contributed by atoms with Gasteiger partial charge in [0.05, 0.1) is 44.4 Å². The van der Waals surface area contributed by atoms with Crippen molar-refractivity contribution in [3.8, 4) is 5.69 Å². The van der Waals surface area contributed by atoms with Crippen molar-refractivity contribution >= 4 is 70.8 Å². The molecule has 0 radical (unpaired) electrons. The van der Waals surface area contributed by atoms with Gasteiger partial charge in [0.15, 0.2) is 11.5 Å². The Morgan fingerprint density at radius 1 is 1.08 bits per heavy atom. The molecule has 2 N–H and O–H groups in total. The third-order valence-corrected chi connectivity index (χ3v) is 13.0. The van der Waals surface area contributed by atoms with E-state index in [0.29, 0.717) is 28.8 Å². The Bertz CT molecular complexity index is 2940. The maximum atomic E-state index is 15.5. The van der Waals surface area contributed by atoms with Crippen LogP contribution in [-0.2, 0) is 46.9 Å². The van der Waals surface area contributed by atoms with Gasteiger partial charge in [0, 0.05) is 44.1 Å². The number of carbonyl (C=O) groups is 1. The molecule has 2 fully saturated rings. The molecule has 23 heteroatoms. The van der Waals surface area contributed by atoms with Crippen molar-refractivity contribution in [1.29, 1.82) is 0 Å². The summed E-state index contributed by atoms with van der Waals surface area (Å²) >= 11 is 7.75. The van der Waals surface area contributed by atoms with Gasteiger partial charge in [-0.3, -0.25) is 28.2 Å². The minimum atomic E-state index is -5.10. The molecule has 60 heavy (non-hydrogen) atoms. The topological polar surface area (TPSA) is 149 Å². The summed E-state index contributed by atoms with van der Waals surface area (Å²) in [4.78, 5) is 35.9. The molecule has 0 bridgehead atoms. The molecule has 13 nitrogen and oxygen atoms in total. The van der Waals surface area contributed by atoms with Gasteiger partial charge >= 0.3 is 6.18 Å². The van der Waals surface area contributed by atoms with Crippen LogP contribution in [-0.4, -0.2) is 62.8 Å². The van der Waals surface area contributed by atoms with Crippen molar-refractivity contribution in [2.75, 3.05) is 29.0 Å². The van der Waals surface area contributed by atoms with Crippen LogP contribution in [0.5, 0.6) is 0 Å². The molecule has 3 aliphatic rings. The lowest BCUT2D eigenvalue weighted by Crippen LogP contribution is -2.38. The van der Waals surface area contributed by atoms with Crippen LogP contribution >= 0.6 is 22.9 Å². The van der Waals surface area contributed by atoms with Crippen LogP contribution < -0.4 is 20.5 Å². The Labute approximate surface area is 343 Å². The van der Waals surface area contributed by atoms with E-state index in [4.69, 9.17) is 16.6 Å². The van der Waals surface area contributed by atoms with Gasteiger partial charge in [-0.2, -0.15) is 32.1 Å². The van der Waals surface area contributed by atoms with Gasteiger partial charge in [-0.15, -0.1) is 11.3 Å². The number of nitrogens with one attached hydrogen (secondary N) is 2. The molecule has 2 aliphatic carbocycles. The van der Waals surface area contributed by atoms with Crippen LogP contribution in [0, 0.1) is 17.6 Å². The van der Waals surface area contributed by atoms with Crippen LogP contribution in [0.4, 0.5) is 41.6 Å². The number of hydrogen-bond acceptors (Lipinski definition) is 9. The standard InChI is InChI=1S/C37H31ClF7N9O4S2/c1-51-29-24(6-5-21(38)28(29)33(49-51)50-60(2,57)58)54-34(47-22-14-26(52-7-3-4-8-52)59-30(22)35(54)56)23(11-16-9-17(39)12-18(40)10-16)46-25(55)15-53-32-27(31(48-53)37(43,44)45)19-13-20(19)36(32,41)42/h5-6,9-10,12,14,19-20,23H,3-4,7-8,11,13,15H2,1-2H3,(H,46,55)(H,49,50)/t19-,20+,23-/m0/s1. The highest BCUT2D eigenvalue weighted by Gasteiger charge is 2.68. The van der Waals surface area contributed by atoms with E-state index in [1.54, 1.807) is 6.07 Å². The molecule has 1 saturated heterocycles. The van der Waals surface area contributed by atoms with Gasteiger partial charge in [0.25, 0.3) is 11.5 Å². The van der Waals surface area contributed by atoms with E-state index >= 15 is 8.78 Å². The molecule has 316 valence electrons. The lowest BCUT2D eigenvalue weighted by Gasteiger charge is -2.24. The van der Waals surface area contributed by atoms with Gasteiger partial charge < -0.3 is 10.2 Å². The molecule has 2 aromatic carbocycles. The van der Waals surface area contributed by atoms with Crippen molar-refractivity contribution in [1.82, 2.24) is 34.4 Å². The van der Waals surface area contributed by atoms with Crippen LogP contribution in [0.3, 0.4) is 0 Å². The maximum absolute atomic E-state index is 15.5. The second-order valence-electron chi connectivity index (χ2n) is 15.2. The number of amides is 1. The van der Waals surface area contributed by atoms with Crippen LogP contribution in [0.25, 0.3) is 26.8 Å². The number of hydrogen-bond donors (Lipinski definition) is 2. The molecule has 1 aliphatic heterocycles. The quantitative estimate of drug-likeness (QED) is 0.143. The Balaban J connectivity index is 1.23. The Hall–Kier alpha value is -5.22. The fourth-order valence-electron chi connectivity index (χ4n) is 8.47. The zero-order valence-corrected chi connectivity index (χ0v) is 33.6. The number of thiophene rings is 1. The third kappa shape index (κ3) is 6.85. The first-order chi connectivity index (χ1) is 28.2. The average molecular weight is 898 g/mol. The molecule has 4 aromatic heterocycles. The molecule has 6 aromatic rings. The number of nitrogens with zero attached hydrogens (tertiary/aromatic N) is 7. The minimum absolute atomic E-state index is 0.0275. The van der Waals surface area contributed by atoms with E-state index in [-0.39, 0.29) is 55.5 Å². The monoisotopic (exact) mass is 897 g/mol. The van der Waals surface area contributed by atoms with E-state index in [0.717, 1.165) is 47.1 Å². The lowest BCUT2D eigenvalue weighted by molar-refractivity contribution is -0.142. The highest BCUT2D eigenvalue weighted by Crippen LogP contribution is 2.68. The van der Waals surface area contributed by atoms with Crippen LogP contribution in [0.15, 0.2) is 41.2 Å². The fraction of sp³-hybridized carbons (Fsp3) is 0.378. The highest BCUT2D eigenvalue weighted by molar-refractivity contribution is 7.92. The molecule has 5 heterocycles. The molecule has 1 amide bonds. The zero-order valence-electron chi connectivity index (χ0n) is 31.2. The SMILES string of the molecule is Cn1nc(NS(C)(=O)=O)c2c(Cl)ccc(-n3c([C@H](Cc4cc(F)cc(F)c4)NC(=O)Cn4nc(C(F)(F)F)c5c4C(F)(F)[C@@H]4C[C@H]54)nc4cc(N5CCCC5)sc4c3=O)c21. The smallest absolute Gasteiger partial charge is 0.363 e. The first kappa shape index (κ1) is 40.2. The first-order valence-corrected chi connectivity index (χ1v) is 21.5. The molecular weight excluding hydrogens is 867 g/mol. The van der Waals surface area contributed by atoms with Gasteiger partial charge in [-0.05, 0) is 61.1 Å². The van der Waals surface area contributed by atoms with E-state index < -0.39 is 93.0 Å². The summed E-state index contributed by atoms with van der Waals surface area (Å²) in [6, 6.07) is 5.48. The number of fused-ring (bicyclic) bond motifs is 5. The molecule has 0 spiro atoms. The summed E-state index contributed by atoms with van der Waals surface area (Å²) in [5, 5.41) is 11.1. The van der Waals surface area contributed by atoms with Gasteiger partial charge in [0.2, 0.25) is 15.9 Å². The molecule has 0 unspecified atom stereocenters. The summed E-state index contributed by atoms with van der Waals surface area (Å²) in [5.41, 5.74) is -3.60. The number of rotatable bonds is 10. The summed E-state index contributed by atoms with van der Waals surface area (Å²) in [6.45, 7) is 0.279. The molecule has 9 rings (SSSR count). The number of carbonyl (C=O) groups excluding carboxylic acids is 1. The number of anilines is 2. The first-order valence-electron chi connectivity index (χ1n) is 18.4. The second kappa shape index (κ2) is 13.9. The summed E-state index contributed by atoms with van der Waals surface area (Å²) < 4.78 is 132. The minimum Gasteiger partial charge on any atom is -0.363 e. The van der Waals surface area contributed by atoms with E-state index in [1.165, 1.54) is 23.9 Å². The van der Waals surface area contributed by atoms with E-state index in [9.17, 15) is 40.0 Å².